The van der Waals surface area contributed by atoms with Crippen LogP contribution in [0.1, 0.15) is 31.9 Å². The second-order valence-corrected chi connectivity index (χ2v) is 5.84. The number of hydrogen-bond donors (Lipinski definition) is 1. The molecular weight excluding hydrogens is 326 g/mol. The van der Waals surface area contributed by atoms with E-state index >= 15 is 0 Å². The Labute approximate surface area is 155 Å². The molecule has 0 atom stereocenters. The number of anilines is 1. The molecule has 0 spiro atoms. The third-order valence-corrected chi connectivity index (χ3v) is 4.13. The molecule has 2 aromatic rings. The number of hydrazone groups is 1. The Bertz CT molecular complexity index is 705. The minimum atomic E-state index is -0.291. The molecule has 26 heavy (non-hydrogen) atoms. The summed E-state index contributed by atoms with van der Waals surface area (Å²) in [4.78, 5) is 14.1. The van der Waals surface area contributed by atoms with Crippen LogP contribution < -0.4 is 15.1 Å². The molecule has 5 heteroatoms. The van der Waals surface area contributed by atoms with E-state index in [-0.39, 0.29) is 12.5 Å². The van der Waals surface area contributed by atoms with E-state index in [1.165, 1.54) is 11.3 Å². The van der Waals surface area contributed by atoms with E-state index in [0.717, 1.165) is 25.1 Å². The average Bonchev–Trinajstić information content (AvgIpc) is 2.69. The van der Waals surface area contributed by atoms with Gasteiger partial charge in [0.2, 0.25) is 0 Å². The van der Waals surface area contributed by atoms with Crippen LogP contribution in [0.5, 0.6) is 5.75 Å². The van der Waals surface area contributed by atoms with E-state index in [2.05, 4.69) is 48.3 Å². The molecule has 0 unspecified atom stereocenters. The van der Waals surface area contributed by atoms with Gasteiger partial charge in [-0.15, -0.1) is 0 Å². The van der Waals surface area contributed by atoms with E-state index in [1.807, 2.05) is 36.4 Å². The first kappa shape index (κ1) is 19.5. The van der Waals surface area contributed by atoms with Crippen molar-refractivity contribution in [3.05, 3.63) is 59.7 Å². The Hall–Kier alpha value is -2.82. The van der Waals surface area contributed by atoms with Crippen LogP contribution in [0.25, 0.3) is 0 Å². The maximum Gasteiger partial charge on any atom is 0.277 e. The van der Waals surface area contributed by atoms with Crippen LogP contribution in [0.2, 0.25) is 0 Å². The number of nitrogens with zero attached hydrogens (tertiary/aromatic N) is 2. The quantitative estimate of drug-likeness (QED) is 0.553. The van der Waals surface area contributed by atoms with Gasteiger partial charge < -0.3 is 9.64 Å². The summed E-state index contributed by atoms with van der Waals surface area (Å²) in [5.41, 5.74) is 5.82. The molecule has 0 aliphatic carbocycles. The molecule has 0 bridgehead atoms. The molecule has 0 radical (unpaired) electrons. The lowest BCUT2D eigenvalue weighted by molar-refractivity contribution is -0.123. The van der Waals surface area contributed by atoms with Crippen molar-refractivity contribution in [1.29, 1.82) is 0 Å². The maximum atomic E-state index is 11.8. The monoisotopic (exact) mass is 353 g/mol. The number of ether oxygens (including phenoxy) is 1. The van der Waals surface area contributed by atoms with E-state index in [0.29, 0.717) is 5.75 Å². The fourth-order valence-electron chi connectivity index (χ4n) is 2.54. The van der Waals surface area contributed by atoms with E-state index in [4.69, 9.17) is 4.74 Å². The van der Waals surface area contributed by atoms with Crippen LogP contribution in [-0.4, -0.2) is 31.8 Å². The smallest absolute Gasteiger partial charge is 0.277 e. The minimum absolute atomic E-state index is 0.0658. The molecule has 0 aliphatic rings. The molecule has 2 aromatic carbocycles. The molecule has 138 valence electrons. The highest BCUT2D eigenvalue weighted by Crippen LogP contribution is 2.14. The van der Waals surface area contributed by atoms with E-state index in [1.54, 1.807) is 6.21 Å². The average molecular weight is 353 g/mol. The number of nitrogens with one attached hydrogen (secondary N) is 1. The molecule has 0 heterocycles. The molecule has 0 aromatic heterocycles. The van der Waals surface area contributed by atoms with Crippen LogP contribution in [0.15, 0.2) is 53.6 Å². The van der Waals surface area contributed by atoms with Crippen molar-refractivity contribution in [2.45, 2.75) is 27.2 Å². The number of aryl methyl sites for hydroxylation is 1. The van der Waals surface area contributed by atoms with Gasteiger partial charge in [-0.05, 0) is 55.7 Å². The van der Waals surface area contributed by atoms with Crippen LogP contribution in [0.4, 0.5) is 5.69 Å². The van der Waals surface area contributed by atoms with Gasteiger partial charge in [-0.25, -0.2) is 5.43 Å². The summed E-state index contributed by atoms with van der Waals surface area (Å²) in [5.74, 6) is 0.383. The third kappa shape index (κ3) is 5.92. The largest absolute Gasteiger partial charge is 0.484 e. The third-order valence-electron chi connectivity index (χ3n) is 4.13. The van der Waals surface area contributed by atoms with Gasteiger partial charge in [-0.1, -0.05) is 31.2 Å². The fourth-order valence-corrected chi connectivity index (χ4v) is 2.54. The van der Waals surface area contributed by atoms with Crippen LogP contribution in [-0.2, 0) is 11.2 Å². The number of carbonyl (C=O) groups is 1. The number of carbonyl (C=O) groups excluding carboxylic acids is 1. The lowest BCUT2D eigenvalue weighted by Crippen LogP contribution is -2.24. The lowest BCUT2D eigenvalue weighted by atomic mass is 10.2. The van der Waals surface area contributed by atoms with E-state index in [9.17, 15) is 4.79 Å². The molecule has 0 aliphatic heterocycles. The normalized spacial score (nSPS) is 10.7. The van der Waals surface area contributed by atoms with Crippen molar-refractivity contribution in [1.82, 2.24) is 5.43 Å². The fraction of sp³-hybridized carbons (Fsp3) is 0.333. The van der Waals surface area contributed by atoms with Crippen molar-refractivity contribution in [3.63, 3.8) is 0 Å². The number of rotatable bonds is 9. The van der Waals surface area contributed by atoms with Crippen molar-refractivity contribution >= 4 is 17.8 Å². The summed E-state index contributed by atoms with van der Waals surface area (Å²) < 4.78 is 5.45. The highest BCUT2D eigenvalue weighted by atomic mass is 16.5. The zero-order chi connectivity index (χ0) is 18.8. The van der Waals surface area contributed by atoms with Crippen LogP contribution in [0.3, 0.4) is 0 Å². The number of amides is 1. The Kier molecular flexibility index (Phi) is 7.68. The Morgan fingerprint density at radius 2 is 1.69 bits per heavy atom. The molecule has 5 nitrogen and oxygen atoms in total. The highest BCUT2D eigenvalue weighted by Gasteiger charge is 2.02. The van der Waals surface area contributed by atoms with Crippen LogP contribution in [0, 0.1) is 0 Å². The highest BCUT2D eigenvalue weighted by molar-refractivity contribution is 5.83. The van der Waals surface area contributed by atoms with Gasteiger partial charge in [-0.3, -0.25) is 4.79 Å². The molecule has 1 amide bonds. The zero-order valence-corrected chi connectivity index (χ0v) is 15.7. The SMILES string of the molecule is CCc1ccc(OCC(=O)N/N=C/c2ccc(N(CC)CC)cc2)cc1. The number of benzene rings is 2. The van der Waals surface area contributed by atoms with Gasteiger partial charge in [0.1, 0.15) is 5.75 Å². The summed E-state index contributed by atoms with van der Waals surface area (Å²) in [7, 11) is 0. The summed E-state index contributed by atoms with van der Waals surface area (Å²) in [6, 6.07) is 15.8. The summed E-state index contributed by atoms with van der Waals surface area (Å²) in [6.45, 7) is 8.24. The van der Waals surface area contributed by atoms with Crippen LogP contribution >= 0.6 is 0 Å². The van der Waals surface area contributed by atoms with Crippen molar-refractivity contribution < 1.29 is 9.53 Å². The second-order valence-electron chi connectivity index (χ2n) is 5.84. The topological polar surface area (TPSA) is 53.9 Å². The van der Waals surface area contributed by atoms with Crippen molar-refractivity contribution in [3.8, 4) is 5.75 Å². The second kappa shape index (κ2) is 10.2. The van der Waals surface area contributed by atoms with E-state index < -0.39 is 0 Å². The summed E-state index contributed by atoms with van der Waals surface area (Å²) >= 11 is 0. The molecule has 1 N–H and O–H groups in total. The molecular formula is C21H27N3O2. The maximum absolute atomic E-state index is 11.8. The molecule has 0 saturated heterocycles. The minimum Gasteiger partial charge on any atom is -0.484 e. The van der Waals surface area contributed by atoms with Gasteiger partial charge in [0.15, 0.2) is 6.61 Å². The zero-order valence-electron chi connectivity index (χ0n) is 15.7. The molecule has 0 fully saturated rings. The summed E-state index contributed by atoms with van der Waals surface area (Å²) in [6.07, 6.45) is 2.60. The van der Waals surface area contributed by atoms with Gasteiger partial charge in [0.25, 0.3) is 5.91 Å². The predicted octanol–water partition coefficient (Wildman–Crippen LogP) is 3.62. The first-order chi connectivity index (χ1) is 12.7. The predicted molar refractivity (Wildman–Crippen MR) is 107 cm³/mol. The molecule has 2 rings (SSSR count). The Balaban J connectivity index is 1.78. The first-order valence-corrected chi connectivity index (χ1v) is 9.04. The first-order valence-electron chi connectivity index (χ1n) is 9.04. The van der Waals surface area contributed by atoms with Crippen molar-refractivity contribution in [2.75, 3.05) is 24.6 Å². The van der Waals surface area contributed by atoms with Gasteiger partial charge in [-0.2, -0.15) is 5.10 Å². The molecule has 0 saturated carbocycles. The Morgan fingerprint density at radius 3 is 2.27 bits per heavy atom. The Morgan fingerprint density at radius 1 is 1.04 bits per heavy atom. The van der Waals surface area contributed by atoms with Gasteiger partial charge >= 0.3 is 0 Å². The number of hydrogen-bond acceptors (Lipinski definition) is 4. The lowest BCUT2D eigenvalue weighted by Gasteiger charge is -2.20. The van der Waals surface area contributed by atoms with Gasteiger partial charge in [0.05, 0.1) is 6.21 Å². The van der Waals surface area contributed by atoms with Crippen molar-refractivity contribution in [2.24, 2.45) is 5.10 Å². The standard InChI is InChI=1S/C21H27N3O2/c1-4-17-9-13-20(14-10-17)26-16-21(25)23-22-15-18-7-11-19(12-8-18)24(5-2)6-3/h7-15H,4-6,16H2,1-3H3,(H,23,25)/b22-15+. The van der Waals surface area contributed by atoms with Gasteiger partial charge in [0, 0.05) is 18.8 Å². The summed E-state index contributed by atoms with van der Waals surface area (Å²) in [5, 5.41) is 3.98.